The average Bonchev–Trinajstić information content (AvgIpc) is 2.10. The molecule has 1 N–H and O–H groups in total. The van der Waals surface area contributed by atoms with Gasteiger partial charge in [0.15, 0.2) is 0 Å². The van der Waals surface area contributed by atoms with E-state index in [0.29, 0.717) is 6.42 Å². The summed E-state index contributed by atoms with van der Waals surface area (Å²) in [6, 6.07) is 0. The third kappa shape index (κ3) is 5.68. The first-order valence-electron chi connectivity index (χ1n) is 4.63. The van der Waals surface area contributed by atoms with Crippen LogP contribution in [0.1, 0.15) is 33.1 Å². The minimum Gasteiger partial charge on any atom is -0.461 e. The summed E-state index contributed by atoms with van der Waals surface area (Å²) in [7, 11) is 0. The molecule has 0 aromatic rings. The molecule has 0 aliphatic rings. The number of aliphatic hydroxyl groups excluding tert-OH is 1. The molecular weight excluding hydrogens is 227 g/mol. The number of esters is 1. The number of hydrogen-bond donors (Lipinski definition) is 1. The predicted octanol–water partition coefficient (Wildman–Crippen LogP) is 2.27. The number of hydrogen-bond acceptors (Lipinski definition) is 3. The number of rotatable bonds is 6. The van der Waals surface area contributed by atoms with Crippen molar-refractivity contribution in [2.75, 3.05) is 6.61 Å². The van der Waals surface area contributed by atoms with E-state index in [-0.39, 0.29) is 6.61 Å². The minimum absolute atomic E-state index is 0.0772. The number of alkyl halides is 2. The lowest BCUT2D eigenvalue weighted by Crippen LogP contribution is -2.30. The normalized spacial score (nSPS) is 13.8. The van der Waals surface area contributed by atoms with Crippen molar-refractivity contribution in [3.8, 4) is 0 Å². The second-order valence-corrected chi connectivity index (χ2v) is 4.74. The van der Waals surface area contributed by atoms with Gasteiger partial charge < -0.3 is 9.84 Å². The molecule has 0 spiro atoms. The molecule has 84 valence electrons. The second-order valence-electron chi connectivity index (χ2n) is 3.26. The molecule has 0 aliphatic carbocycles. The molecule has 14 heavy (non-hydrogen) atoms. The van der Waals surface area contributed by atoms with Crippen LogP contribution in [0, 0.1) is 0 Å². The lowest BCUT2D eigenvalue weighted by molar-refractivity contribution is -0.147. The minimum atomic E-state index is -1.48. The Morgan fingerprint density at radius 2 is 2.14 bits per heavy atom. The number of aliphatic hydroxyl groups is 1. The van der Waals surface area contributed by atoms with Crippen molar-refractivity contribution in [2.45, 2.75) is 43.5 Å². The fourth-order valence-corrected chi connectivity index (χ4v) is 1.18. The van der Waals surface area contributed by atoms with E-state index in [4.69, 9.17) is 33.0 Å². The van der Waals surface area contributed by atoms with Gasteiger partial charge in [0.25, 0.3) is 0 Å². The highest BCUT2D eigenvalue weighted by Gasteiger charge is 2.34. The van der Waals surface area contributed by atoms with Crippen LogP contribution < -0.4 is 0 Å². The summed E-state index contributed by atoms with van der Waals surface area (Å²) >= 11 is 11.5. The first-order valence-corrected chi connectivity index (χ1v) is 5.39. The fraction of sp³-hybridized carbons (Fsp3) is 0.889. The second kappa shape index (κ2) is 6.49. The summed E-state index contributed by atoms with van der Waals surface area (Å²) in [4.78, 5) is 11.3. The van der Waals surface area contributed by atoms with Crippen molar-refractivity contribution in [1.29, 1.82) is 0 Å². The first-order chi connectivity index (χ1) is 6.40. The molecule has 0 rings (SSSR count). The van der Waals surface area contributed by atoms with Crippen LogP contribution in [0.4, 0.5) is 0 Å². The Morgan fingerprint density at radius 3 is 2.57 bits per heavy atom. The molecule has 1 atom stereocenters. The lowest BCUT2D eigenvalue weighted by Gasteiger charge is -2.18. The Kier molecular flexibility index (Phi) is 6.49. The molecule has 1 unspecified atom stereocenters. The Balaban J connectivity index is 3.94. The van der Waals surface area contributed by atoms with Crippen LogP contribution in [-0.2, 0) is 9.53 Å². The molecule has 0 amide bonds. The molecule has 0 radical (unpaired) electrons. The smallest absolute Gasteiger partial charge is 0.342 e. The molecule has 0 fully saturated rings. The Morgan fingerprint density at radius 1 is 1.57 bits per heavy atom. The Bertz CT molecular complexity index is 181. The standard InChI is InChI=1S/C9H16Cl2O3/c1-3-4-5-9(10,11)8(13)14-6-7(2)12/h7,12H,3-6H2,1-2H3. The molecule has 3 nitrogen and oxygen atoms in total. The molecule has 0 aromatic carbocycles. The summed E-state index contributed by atoms with van der Waals surface area (Å²) in [5.41, 5.74) is 0. The zero-order chi connectivity index (χ0) is 11.2. The topological polar surface area (TPSA) is 46.5 Å². The highest BCUT2D eigenvalue weighted by atomic mass is 35.5. The van der Waals surface area contributed by atoms with E-state index in [1.54, 1.807) is 0 Å². The van der Waals surface area contributed by atoms with Crippen LogP contribution in [-0.4, -0.2) is 28.1 Å². The zero-order valence-electron chi connectivity index (χ0n) is 8.43. The average molecular weight is 243 g/mol. The zero-order valence-corrected chi connectivity index (χ0v) is 9.94. The van der Waals surface area contributed by atoms with Crippen LogP contribution >= 0.6 is 23.2 Å². The molecule has 0 aromatic heterocycles. The molecule has 0 saturated heterocycles. The van der Waals surface area contributed by atoms with Gasteiger partial charge in [0.05, 0.1) is 6.10 Å². The van der Waals surface area contributed by atoms with Gasteiger partial charge in [0.2, 0.25) is 4.33 Å². The predicted molar refractivity (Wildman–Crippen MR) is 56.6 cm³/mol. The van der Waals surface area contributed by atoms with E-state index < -0.39 is 16.4 Å². The van der Waals surface area contributed by atoms with Crippen LogP contribution in [0.5, 0.6) is 0 Å². The first kappa shape index (κ1) is 14.0. The largest absolute Gasteiger partial charge is 0.461 e. The van der Waals surface area contributed by atoms with Crippen LogP contribution in [0.15, 0.2) is 0 Å². The third-order valence-electron chi connectivity index (χ3n) is 1.60. The van der Waals surface area contributed by atoms with E-state index in [1.165, 1.54) is 6.92 Å². The number of carbonyl (C=O) groups excluding carboxylic acids is 1. The van der Waals surface area contributed by atoms with Gasteiger partial charge in [0, 0.05) is 0 Å². The van der Waals surface area contributed by atoms with Gasteiger partial charge in [-0.3, -0.25) is 0 Å². The van der Waals surface area contributed by atoms with Gasteiger partial charge in [-0.05, 0) is 13.3 Å². The van der Waals surface area contributed by atoms with Crippen LogP contribution in [0.2, 0.25) is 0 Å². The summed E-state index contributed by atoms with van der Waals surface area (Å²) in [6.45, 7) is 3.42. The SMILES string of the molecule is CCCCC(Cl)(Cl)C(=O)OCC(C)O. The van der Waals surface area contributed by atoms with Gasteiger partial charge in [-0.25, -0.2) is 4.79 Å². The van der Waals surface area contributed by atoms with Crippen molar-refractivity contribution in [1.82, 2.24) is 0 Å². The number of ether oxygens (including phenoxy) is 1. The molecule has 0 aliphatic heterocycles. The van der Waals surface area contributed by atoms with Gasteiger partial charge in [-0.2, -0.15) is 0 Å². The summed E-state index contributed by atoms with van der Waals surface area (Å²) in [5.74, 6) is -0.685. The Hall–Kier alpha value is 0.01000. The van der Waals surface area contributed by atoms with Gasteiger partial charge in [0.1, 0.15) is 6.61 Å². The van der Waals surface area contributed by atoms with E-state index in [9.17, 15) is 4.79 Å². The third-order valence-corrected chi connectivity index (χ3v) is 2.29. The molecule has 5 heteroatoms. The maximum absolute atomic E-state index is 11.3. The van der Waals surface area contributed by atoms with E-state index in [1.807, 2.05) is 6.92 Å². The van der Waals surface area contributed by atoms with E-state index in [2.05, 4.69) is 0 Å². The highest BCUT2D eigenvalue weighted by molar-refractivity contribution is 6.57. The van der Waals surface area contributed by atoms with Crippen molar-refractivity contribution in [2.24, 2.45) is 0 Å². The number of unbranched alkanes of at least 4 members (excludes halogenated alkanes) is 1. The summed E-state index contributed by atoms with van der Waals surface area (Å²) < 4.78 is 3.23. The molecular formula is C9H16Cl2O3. The molecule has 0 heterocycles. The van der Waals surface area contributed by atoms with Crippen molar-refractivity contribution < 1.29 is 14.6 Å². The number of halogens is 2. The maximum Gasteiger partial charge on any atom is 0.342 e. The van der Waals surface area contributed by atoms with Gasteiger partial charge >= 0.3 is 5.97 Å². The summed E-state index contributed by atoms with van der Waals surface area (Å²) in [5, 5.41) is 8.88. The van der Waals surface area contributed by atoms with Gasteiger partial charge in [-0.1, -0.05) is 43.0 Å². The lowest BCUT2D eigenvalue weighted by atomic mass is 10.2. The fourth-order valence-electron chi connectivity index (χ4n) is 0.803. The van der Waals surface area contributed by atoms with Gasteiger partial charge in [-0.15, -0.1) is 0 Å². The van der Waals surface area contributed by atoms with Crippen LogP contribution in [0.25, 0.3) is 0 Å². The van der Waals surface area contributed by atoms with Crippen LogP contribution in [0.3, 0.4) is 0 Å². The quantitative estimate of drug-likeness (QED) is 0.575. The Labute approximate surface area is 94.3 Å². The van der Waals surface area contributed by atoms with Crippen molar-refractivity contribution in [3.63, 3.8) is 0 Å². The molecule has 0 bridgehead atoms. The van der Waals surface area contributed by atoms with Crippen molar-refractivity contribution in [3.05, 3.63) is 0 Å². The highest BCUT2D eigenvalue weighted by Crippen LogP contribution is 2.29. The molecule has 0 saturated carbocycles. The number of carbonyl (C=O) groups is 1. The van der Waals surface area contributed by atoms with E-state index in [0.717, 1.165) is 12.8 Å². The monoisotopic (exact) mass is 242 g/mol. The maximum atomic E-state index is 11.3. The summed E-state index contributed by atoms with van der Waals surface area (Å²) in [6.07, 6.45) is 1.33. The van der Waals surface area contributed by atoms with E-state index >= 15 is 0 Å². The van der Waals surface area contributed by atoms with Crippen molar-refractivity contribution >= 4 is 29.2 Å².